The van der Waals surface area contributed by atoms with Crippen LogP contribution < -0.4 is 14.4 Å². The van der Waals surface area contributed by atoms with Crippen molar-refractivity contribution >= 4 is 39.2 Å². The lowest BCUT2D eigenvalue weighted by Crippen LogP contribution is -2.52. The fourth-order valence-corrected chi connectivity index (χ4v) is 8.56. The number of pyridine rings is 1. The van der Waals surface area contributed by atoms with Gasteiger partial charge in [0.05, 0.1) is 45.2 Å². The average molecular weight is 666 g/mol. The zero-order valence-electron chi connectivity index (χ0n) is 27.1. The van der Waals surface area contributed by atoms with Gasteiger partial charge < -0.3 is 24.2 Å². The molecule has 13 heteroatoms. The molecule has 3 unspecified atom stereocenters. The van der Waals surface area contributed by atoms with Crippen molar-refractivity contribution < 1.29 is 23.7 Å². The summed E-state index contributed by atoms with van der Waals surface area (Å²) in [6.45, 7) is 6.30. The summed E-state index contributed by atoms with van der Waals surface area (Å²) in [5.41, 5.74) is 0.743. The fourth-order valence-electron chi connectivity index (χ4n) is 8.35. The molecule has 8 rings (SSSR count). The summed E-state index contributed by atoms with van der Waals surface area (Å²) in [4.78, 5) is 19.0. The van der Waals surface area contributed by atoms with Gasteiger partial charge in [0.25, 0.3) is 0 Å². The maximum atomic E-state index is 17.1. The van der Waals surface area contributed by atoms with Crippen LogP contribution in [0.4, 0.5) is 10.2 Å². The molecule has 2 saturated carbocycles. The smallest absolute Gasteiger partial charge is 0.319 e. The van der Waals surface area contributed by atoms with Crippen molar-refractivity contribution in [3.05, 3.63) is 28.7 Å². The number of fused-ring (bicyclic) bond motifs is 3. The van der Waals surface area contributed by atoms with Crippen LogP contribution in [0.1, 0.15) is 57.4 Å². The molecule has 11 nitrogen and oxygen atoms in total. The van der Waals surface area contributed by atoms with Crippen molar-refractivity contribution in [2.45, 2.75) is 76.5 Å². The molecule has 3 aromatic heterocycles. The first-order valence-electron chi connectivity index (χ1n) is 16.7. The van der Waals surface area contributed by atoms with Crippen LogP contribution in [-0.2, 0) is 4.74 Å². The Kier molecular flexibility index (Phi) is 7.70. The van der Waals surface area contributed by atoms with Gasteiger partial charge in [-0.05, 0) is 70.5 Å². The van der Waals surface area contributed by atoms with E-state index in [4.69, 9.17) is 40.8 Å². The van der Waals surface area contributed by atoms with E-state index in [-0.39, 0.29) is 41.7 Å². The van der Waals surface area contributed by atoms with E-state index >= 15 is 4.39 Å². The van der Waals surface area contributed by atoms with Crippen LogP contribution in [0.3, 0.4) is 0 Å². The predicted octanol–water partition coefficient (Wildman–Crippen LogP) is 5.44. The zero-order valence-corrected chi connectivity index (χ0v) is 27.9. The van der Waals surface area contributed by atoms with E-state index in [1.165, 1.54) is 32.8 Å². The van der Waals surface area contributed by atoms with Gasteiger partial charge in [0.1, 0.15) is 28.0 Å². The summed E-state index contributed by atoms with van der Waals surface area (Å²) < 4.78 is 35.2. The van der Waals surface area contributed by atoms with E-state index in [0.717, 1.165) is 25.8 Å². The van der Waals surface area contributed by atoms with Gasteiger partial charge >= 0.3 is 6.01 Å². The molecule has 0 spiro atoms. The number of likely N-dealkylation sites (tertiary alicyclic amines) is 1. The van der Waals surface area contributed by atoms with Gasteiger partial charge in [-0.15, -0.1) is 0 Å². The Morgan fingerprint density at radius 2 is 2.00 bits per heavy atom. The second-order valence-corrected chi connectivity index (χ2v) is 14.5. The molecule has 0 bridgehead atoms. The first kappa shape index (κ1) is 31.0. The minimum atomic E-state index is -1.16. The summed E-state index contributed by atoms with van der Waals surface area (Å²) in [5, 5.41) is 19.6. The van der Waals surface area contributed by atoms with Crippen molar-refractivity contribution in [2.24, 2.45) is 5.41 Å². The highest BCUT2D eigenvalue weighted by Crippen LogP contribution is 2.51. The normalized spacial score (nSPS) is 26.9. The van der Waals surface area contributed by atoms with E-state index in [9.17, 15) is 5.11 Å². The number of methoxy groups -OCH3 is 1. The number of aromatic nitrogens is 5. The maximum Gasteiger partial charge on any atom is 0.319 e. The summed E-state index contributed by atoms with van der Waals surface area (Å²) in [5.74, 6) is -0.111. The molecule has 250 valence electrons. The van der Waals surface area contributed by atoms with Gasteiger partial charge in [-0.2, -0.15) is 15.1 Å². The molecule has 0 radical (unpaired) electrons. The molecule has 1 aromatic carbocycles. The first-order valence-corrected chi connectivity index (χ1v) is 17.1. The lowest BCUT2D eigenvalue weighted by atomic mass is 9.75. The molecule has 2 N–H and O–H groups in total. The average Bonchev–Trinajstić information content (AvgIpc) is 3.70. The number of hydrogen-bond acceptors (Lipinski definition) is 10. The molecule has 47 heavy (non-hydrogen) atoms. The minimum Gasteiger partial charge on any atom is -0.480 e. The van der Waals surface area contributed by atoms with Crippen LogP contribution in [0.15, 0.2) is 12.3 Å². The van der Waals surface area contributed by atoms with Crippen molar-refractivity contribution in [3.8, 4) is 23.1 Å². The van der Waals surface area contributed by atoms with E-state index in [1.54, 1.807) is 19.2 Å². The largest absolute Gasteiger partial charge is 0.480 e. The van der Waals surface area contributed by atoms with Gasteiger partial charge in [-0.3, -0.25) is 10.00 Å². The second-order valence-electron chi connectivity index (χ2n) is 14.1. The van der Waals surface area contributed by atoms with Crippen LogP contribution in [0.25, 0.3) is 33.1 Å². The molecular formula is C34H41ClFN7O4. The van der Waals surface area contributed by atoms with Crippen LogP contribution in [0, 0.1) is 18.2 Å². The van der Waals surface area contributed by atoms with Gasteiger partial charge in [0.15, 0.2) is 5.82 Å². The number of ether oxygens (including phenoxy) is 3. The Morgan fingerprint density at radius 3 is 2.81 bits per heavy atom. The van der Waals surface area contributed by atoms with Crippen molar-refractivity contribution in [2.75, 3.05) is 51.5 Å². The molecule has 4 aromatic rings. The molecular weight excluding hydrogens is 625 g/mol. The summed E-state index contributed by atoms with van der Waals surface area (Å²) in [6.07, 6.45) is 9.88. The van der Waals surface area contributed by atoms with Gasteiger partial charge in [-0.25, -0.2) is 9.37 Å². The lowest BCUT2D eigenvalue weighted by molar-refractivity contribution is -0.0123. The Morgan fingerprint density at radius 1 is 1.17 bits per heavy atom. The number of benzene rings is 1. The zero-order chi connectivity index (χ0) is 32.5. The molecule has 2 saturated heterocycles. The number of aliphatic hydroxyl groups is 1. The Hall–Kier alpha value is -3.32. The third-order valence-electron chi connectivity index (χ3n) is 10.7. The molecule has 2 aliphatic heterocycles. The van der Waals surface area contributed by atoms with Crippen LogP contribution >= 0.6 is 11.6 Å². The monoisotopic (exact) mass is 665 g/mol. The van der Waals surface area contributed by atoms with Crippen LogP contribution in [-0.4, -0.2) is 99.4 Å². The lowest BCUT2D eigenvalue weighted by Gasteiger charge is -2.46. The quantitative estimate of drug-likeness (QED) is 0.264. The number of aromatic amines is 1. The van der Waals surface area contributed by atoms with E-state index in [0.29, 0.717) is 70.1 Å². The van der Waals surface area contributed by atoms with Crippen molar-refractivity contribution in [3.63, 3.8) is 0 Å². The van der Waals surface area contributed by atoms with Crippen molar-refractivity contribution in [1.82, 2.24) is 30.0 Å². The van der Waals surface area contributed by atoms with E-state index in [2.05, 4.69) is 15.1 Å². The summed E-state index contributed by atoms with van der Waals surface area (Å²) in [6, 6.07) is 3.04. The highest BCUT2D eigenvalue weighted by Gasteiger charge is 2.51. The number of nitrogens with one attached hydrogen (secondary N) is 1. The Bertz CT molecular complexity index is 1850. The minimum absolute atomic E-state index is 0.0177. The number of nitrogens with zero attached hydrogens (tertiary/aromatic N) is 6. The van der Waals surface area contributed by atoms with Crippen LogP contribution in [0.2, 0.25) is 5.02 Å². The number of anilines is 1. The molecule has 4 aliphatic rings. The first-order chi connectivity index (χ1) is 22.7. The van der Waals surface area contributed by atoms with E-state index in [1.807, 2.05) is 11.8 Å². The number of piperidine rings is 1. The number of hydrogen-bond donors (Lipinski definition) is 2. The van der Waals surface area contributed by atoms with Gasteiger partial charge in [0, 0.05) is 40.0 Å². The third-order valence-corrected chi connectivity index (χ3v) is 11.1. The van der Waals surface area contributed by atoms with Gasteiger partial charge in [-0.1, -0.05) is 18.0 Å². The van der Waals surface area contributed by atoms with Crippen LogP contribution in [0.5, 0.6) is 11.9 Å². The number of rotatable bonds is 7. The highest BCUT2D eigenvalue weighted by molar-refractivity contribution is 6.33. The topological polar surface area (TPSA) is 122 Å². The summed E-state index contributed by atoms with van der Waals surface area (Å²) >= 11 is 6.61. The SMILES string of the molecule is COc1nc(-c2c(C)c(Cl)cc3[nH]ncc23)c(F)c2nc(OCC34CCCC3N(C3CC3)CCC4)nc(N3CCOCC(C)(O)C3)c12. The highest BCUT2D eigenvalue weighted by atomic mass is 35.5. The summed E-state index contributed by atoms with van der Waals surface area (Å²) in [7, 11) is 1.49. The second kappa shape index (κ2) is 11.7. The molecule has 3 atom stereocenters. The maximum absolute atomic E-state index is 17.1. The molecule has 0 amide bonds. The number of H-pyrrole nitrogens is 1. The number of β-amino-alcohol motifs (C(OH)–C–C–N with tert-alkyl or cyclic N) is 1. The standard InChI is InChI=1S/C34H41ClFN7O4/c1-19-22(35)14-23-21(15-37-41-23)25(19)28-27(36)29-26(31(38-28)45-3)30(42-12-13-46-17-33(2,44)16-42)40-32(39-29)47-18-34-9-4-6-24(34)43(11-5-10-34)20-7-8-20/h14-15,20,24,44H,4-13,16-18H2,1-3H3,(H,37,41). The van der Waals surface area contributed by atoms with E-state index < -0.39 is 11.4 Å². The fraction of sp³-hybridized carbons (Fsp3) is 0.588. The predicted molar refractivity (Wildman–Crippen MR) is 177 cm³/mol. The van der Waals surface area contributed by atoms with Crippen molar-refractivity contribution in [1.29, 1.82) is 0 Å². The number of halogens is 2. The Labute approximate surface area is 277 Å². The molecule has 2 aliphatic carbocycles. The third kappa shape index (κ3) is 5.37. The van der Waals surface area contributed by atoms with Gasteiger partial charge in [0.2, 0.25) is 5.88 Å². The molecule has 4 fully saturated rings. The Balaban J connectivity index is 1.28. The molecule has 5 heterocycles.